The summed E-state index contributed by atoms with van der Waals surface area (Å²) in [7, 11) is 0. The zero-order valence-corrected chi connectivity index (χ0v) is 14.5. The first-order valence-electron chi connectivity index (χ1n) is 5.76. The quantitative estimate of drug-likeness (QED) is 0.747. The van der Waals surface area contributed by atoms with E-state index in [0.717, 1.165) is 14.5 Å². The van der Waals surface area contributed by atoms with Crippen molar-refractivity contribution in [1.82, 2.24) is 14.8 Å². The molecule has 1 N–H and O–H groups in total. The first-order chi connectivity index (χ1) is 9.52. The van der Waals surface area contributed by atoms with Crippen LogP contribution in [0.2, 0.25) is 0 Å². The van der Waals surface area contributed by atoms with Gasteiger partial charge in [0.1, 0.15) is 0 Å². The van der Waals surface area contributed by atoms with Crippen LogP contribution >= 0.6 is 43.6 Å². The van der Waals surface area contributed by atoms with Crippen molar-refractivity contribution >= 4 is 49.6 Å². The molecule has 0 saturated carbocycles. The lowest BCUT2D eigenvalue weighted by Crippen LogP contribution is -2.03. The highest BCUT2D eigenvalue weighted by Gasteiger charge is 2.16. The number of benzene rings is 1. The van der Waals surface area contributed by atoms with Gasteiger partial charge >= 0.3 is 5.97 Å². The number of hydrogen-bond acceptors (Lipinski definition) is 4. The largest absolute Gasteiger partial charge is 0.481 e. The third-order valence-electron chi connectivity index (χ3n) is 2.53. The molecule has 1 heterocycles. The Kier molecular flexibility index (Phi) is 5.22. The van der Waals surface area contributed by atoms with Gasteiger partial charge in [-0.2, -0.15) is 0 Å². The second kappa shape index (κ2) is 6.73. The highest BCUT2D eigenvalue weighted by Crippen LogP contribution is 2.31. The van der Waals surface area contributed by atoms with Gasteiger partial charge in [0.2, 0.25) is 0 Å². The van der Waals surface area contributed by atoms with E-state index in [0.29, 0.717) is 17.5 Å². The van der Waals surface area contributed by atoms with Crippen molar-refractivity contribution in [1.29, 1.82) is 0 Å². The van der Waals surface area contributed by atoms with E-state index in [1.165, 1.54) is 11.8 Å². The molecule has 0 bridgehead atoms. The Morgan fingerprint density at radius 3 is 2.80 bits per heavy atom. The number of thioether (sulfide) groups is 1. The molecule has 0 aliphatic carbocycles. The maximum Gasteiger partial charge on any atom is 0.313 e. The van der Waals surface area contributed by atoms with Gasteiger partial charge in [-0.3, -0.25) is 4.79 Å². The number of carboxylic acid groups (broad SMARTS) is 1. The summed E-state index contributed by atoms with van der Waals surface area (Å²) in [4.78, 5) is 10.7. The van der Waals surface area contributed by atoms with E-state index < -0.39 is 5.97 Å². The fourth-order valence-corrected chi connectivity index (χ4v) is 3.18. The molecule has 0 amide bonds. The topological polar surface area (TPSA) is 68.0 Å². The zero-order valence-electron chi connectivity index (χ0n) is 10.5. The van der Waals surface area contributed by atoms with E-state index in [1.54, 1.807) is 0 Å². The van der Waals surface area contributed by atoms with Crippen LogP contribution < -0.4 is 0 Å². The average molecular weight is 421 g/mol. The number of rotatable bonds is 5. The Balaban J connectivity index is 2.42. The molecule has 20 heavy (non-hydrogen) atoms. The Labute approximate surface area is 137 Å². The van der Waals surface area contributed by atoms with E-state index in [4.69, 9.17) is 5.11 Å². The second-order valence-electron chi connectivity index (χ2n) is 3.86. The molecule has 0 aliphatic rings. The van der Waals surface area contributed by atoms with Crippen molar-refractivity contribution in [2.45, 2.75) is 18.6 Å². The highest BCUT2D eigenvalue weighted by molar-refractivity contribution is 9.11. The minimum atomic E-state index is -0.870. The predicted octanol–water partition coefficient (Wildman–Crippen LogP) is 3.67. The van der Waals surface area contributed by atoms with Crippen molar-refractivity contribution < 1.29 is 9.90 Å². The molecule has 5 nitrogen and oxygen atoms in total. The monoisotopic (exact) mass is 419 g/mol. The molecular formula is C12H11Br2N3O2S. The van der Waals surface area contributed by atoms with Crippen LogP contribution in [0.5, 0.6) is 0 Å². The van der Waals surface area contributed by atoms with E-state index >= 15 is 0 Å². The normalized spacial score (nSPS) is 10.8. The number of carboxylic acids is 1. The minimum absolute atomic E-state index is 0.0300. The number of aromatic nitrogens is 3. The van der Waals surface area contributed by atoms with Crippen LogP contribution in [0, 0.1) is 0 Å². The maximum atomic E-state index is 10.7. The molecule has 0 radical (unpaired) electrons. The summed E-state index contributed by atoms with van der Waals surface area (Å²) < 4.78 is 3.76. The van der Waals surface area contributed by atoms with Crippen LogP contribution in [0.4, 0.5) is 0 Å². The molecule has 0 saturated heterocycles. The number of aliphatic carboxylic acids is 1. The van der Waals surface area contributed by atoms with Gasteiger partial charge in [0.15, 0.2) is 11.0 Å². The smallest absolute Gasteiger partial charge is 0.313 e. The predicted molar refractivity (Wildman–Crippen MR) is 84.9 cm³/mol. The van der Waals surface area contributed by atoms with Crippen LogP contribution in [-0.2, 0) is 11.3 Å². The molecular weight excluding hydrogens is 410 g/mol. The molecule has 2 aromatic rings. The highest BCUT2D eigenvalue weighted by atomic mass is 79.9. The van der Waals surface area contributed by atoms with Gasteiger partial charge in [0.05, 0.1) is 5.75 Å². The van der Waals surface area contributed by atoms with E-state index in [-0.39, 0.29) is 5.75 Å². The SMILES string of the molecule is CCn1c(SCC(=O)O)nnc1-c1cc(Br)ccc1Br. The van der Waals surface area contributed by atoms with Crippen molar-refractivity contribution in [3.05, 3.63) is 27.1 Å². The van der Waals surface area contributed by atoms with Crippen molar-refractivity contribution in [2.24, 2.45) is 0 Å². The van der Waals surface area contributed by atoms with E-state index in [1.807, 2.05) is 29.7 Å². The van der Waals surface area contributed by atoms with Gasteiger partial charge < -0.3 is 9.67 Å². The number of hydrogen-bond donors (Lipinski definition) is 1. The summed E-state index contributed by atoms with van der Waals surface area (Å²) >= 11 is 8.10. The molecule has 0 fully saturated rings. The maximum absolute atomic E-state index is 10.7. The molecule has 0 unspecified atom stereocenters. The van der Waals surface area contributed by atoms with E-state index in [2.05, 4.69) is 42.1 Å². The van der Waals surface area contributed by atoms with Gasteiger partial charge in [-0.05, 0) is 25.1 Å². The summed E-state index contributed by atoms with van der Waals surface area (Å²) in [6.45, 7) is 2.65. The first-order valence-corrected chi connectivity index (χ1v) is 8.33. The molecule has 0 atom stereocenters. The summed E-state index contributed by atoms with van der Waals surface area (Å²) in [5, 5.41) is 17.6. The Bertz CT molecular complexity index is 646. The zero-order chi connectivity index (χ0) is 14.7. The molecule has 2 rings (SSSR count). The molecule has 1 aromatic heterocycles. The number of halogens is 2. The summed E-state index contributed by atoms with van der Waals surface area (Å²) in [5.74, 6) is -0.183. The number of nitrogens with zero attached hydrogens (tertiary/aromatic N) is 3. The van der Waals surface area contributed by atoms with Gasteiger partial charge in [-0.1, -0.05) is 43.6 Å². The second-order valence-corrected chi connectivity index (χ2v) is 6.57. The lowest BCUT2D eigenvalue weighted by Gasteiger charge is -2.08. The summed E-state index contributed by atoms with van der Waals surface area (Å²) in [6.07, 6.45) is 0. The van der Waals surface area contributed by atoms with Gasteiger partial charge in [0.25, 0.3) is 0 Å². The van der Waals surface area contributed by atoms with Gasteiger partial charge in [-0.15, -0.1) is 10.2 Å². The molecule has 0 aliphatic heterocycles. The minimum Gasteiger partial charge on any atom is -0.481 e. The van der Waals surface area contributed by atoms with E-state index in [9.17, 15) is 4.79 Å². The van der Waals surface area contributed by atoms with Crippen LogP contribution in [0.25, 0.3) is 11.4 Å². The molecule has 106 valence electrons. The summed E-state index contributed by atoms with van der Waals surface area (Å²) in [6, 6.07) is 5.81. The number of carbonyl (C=O) groups is 1. The Morgan fingerprint density at radius 2 is 2.15 bits per heavy atom. The van der Waals surface area contributed by atoms with Crippen LogP contribution in [0.1, 0.15) is 6.92 Å². The van der Waals surface area contributed by atoms with Gasteiger partial charge in [-0.25, -0.2) is 0 Å². The van der Waals surface area contributed by atoms with Crippen LogP contribution in [0.15, 0.2) is 32.3 Å². The summed E-state index contributed by atoms with van der Waals surface area (Å²) in [5.41, 5.74) is 0.913. The van der Waals surface area contributed by atoms with Crippen molar-refractivity contribution in [2.75, 3.05) is 5.75 Å². The molecule has 0 spiro atoms. The Morgan fingerprint density at radius 1 is 1.40 bits per heavy atom. The molecule has 1 aromatic carbocycles. The lowest BCUT2D eigenvalue weighted by molar-refractivity contribution is -0.133. The van der Waals surface area contributed by atoms with Crippen LogP contribution in [0.3, 0.4) is 0 Å². The van der Waals surface area contributed by atoms with Crippen molar-refractivity contribution in [3.63, 3.8) is 0 Å². The Hall–Kier alpha value is -0.860. The third-order valence-corrected chi connectivity index (χ3v) is 4.66. The third kappa shape index (κ3) is 3.42. The fraction of sp³-hybridized carbons (Fsp3) is 0.250. The van der Waals surface area contributed by atoms with Gasteiger partial charge in [0, 0.05) is 21.1 Å². The first kappa shape index (κ1) is 15.5. The van der Waals surface area contributed by atoms with Crippen LogP contribution in [-0.4, -0.2) is 31.6 Å². The molecule has 8 heteroatoms. The lowest BCUT2D eigenvalue weighted by atomic mass is 10.2. The standard InChI is InChI=1S/C12H11Br2N3O2S/c1-2-17-11(8-5-7(13)3-4-9(8)14)15-16-12(17)20-6-10(18)19/h3-5H,2,6H2,1H3,(H,18,19). The fourth-order valence-electron chi connectivity index (χ4n) is 1.67. The average Bonchev–Trinajstić information content (AvgIpc) is 2.81. The van der Waals surface area contributed by atoms with Crippen molar-refractivity contribution in [3.8, 4) is 11.4 Å².